The zero-order valence-electron chi connectivity index (χ0n) is 8.23. The minimum absolute atomic E-state index is 0.136. The molecular formula is C12H10N2O. The van der Waals surface area contributed by atoms with Crippen LogP contribution in [0, 0.1) is 11.3 Å². The van der Waals surface area contributed by atoms with Gasteiger partial charge in [-0.1, -0.05) is 0 Å². The van der Waals surface area contributed by atoms with Crippen molar-refractivity contribution in [2.45, 2.75) is 25.4 Å². The molecule has 3 rings (SSSR count). The Morgan fingerprint density at radius 2 is 2.20 bits per heavy atom. The molecule has 1 amide bonds. The van der Waals surface area contributed by atoms with Crippen LogP contribution in [0.25, 0.3) is 0 Å². The first-order valence-corrected chi connectivity index (χ1v) is 5.13. The number of carbonyl (C=O) groups is 1. The second kappa shape index (κ2) is 2.83. The summed E-state index contributed by atoms with van der Waals surface area (Å²) < 4.78 is 0. The highest BCUT2D eigenvalue weighted by Crippen LogP contribution is 2.34. The molecular weight excluding hydrogens is 188 g/mol. The molecule has 1 saturated carbocycles. The molecule has 3 heteroatoms. The predicted molar refractivity (Wildman–Crippen MR) is 54.1 cm³/mol. The highest BCUT2D eigenvalue weighted by Gasteiger charge is 2.38. The minimum atomic E-state index is 0.136. The first-order chi connectivity index (χ1) is 7.29. The number of amides is 1. The molecule has 0 saturated heterocycles. The number of nitrogens with zero attached hydrogens (tertiary/aromatic N) is 2. The Bertz CT molecular complexity index is 483. The van der Waals surface area contributed by atoms with Crippen LogP contribution in [-0.4, -0.2) is 16.8 Å². The highest BCUT2D eigenvalue weighted by atomic mass is 16.2. The van der Waals surface area contributed by atoms with E-state index in [1.165, 1.54) is 0 Å². The van der Waals surface area contributed by atoms with Gasteiger partial charge in [-0.25, -0.2) is 0 Å². The lowest BCUT2D eigenvalue weighted by atomic mass is 10.1. The Morgan fingerprint density at radius 3 is 2.87 bits per heavy atom. The molecule has 1 aliphatic carbocycles. The molecule has 1 aromatic rings. The third-order valence-electron chi connectivity index (χ3n) is 3.05. The van der Waals surface area contributed by atoms with Gasteiger partial charge < -0.3 is 4.90 Å². The first kappa shape index (κ1) is 8.49. The van der Waals surface area contributed by atoms with Crippen molar-refractivity contribution in [2.24, 2.45) is 0 Å². The summed E-state index contributed by atoms with van der Waals surface area (Å²) in [5, 5.41) is 8.77. The number of benzene rings is 1. The van der Waals surface area contributed by atoms with E-state index in [-0.39, 0.29) is 5.91 Å². The summed E-state index contributed by atoms with van der Waals surface area (Å²) >= 11 is 0. The van der Waals surface area contributed by atoms with Crippen molar-refractivity contribution >= 4 is 5.91 Å². The van der Waals surface area contributed by atoms with Gasteiger partial charge in [-0.05, 0) is 36.6 Å². The number of hydrogen-bond donors (Lipinski definition) is 0. The Hall–Kier alpha value is -1.82. The number of hydrogen-bond acceptors (Lipinski definition) is 2. The summed E-state index contributed by atoms with van der Waals surface area (Å²) in [5.74, 6) is 0.136. The third-order valence-corrected chi connectivity index (χ3v) is 3.05. The molecule has 0 spiro atoms. The van der Waals surface area contributed by atoms with Crippen LogP contribution in [0.3, 0.4) is 0 Å². The van der Waals surface area contributed by atoms with Gasteiger partial charge in [0.25, 0.3) is 5.91 Å². The highest BCUT2D eigenvalue weighted by molar-refractivity contribution is 5.98. The van der Waals surface area contributed by atoms with Gasteiger partial charge >= 0.3 is 0 Å². The van der Waals surface area contributed by atoms with Gasteiger partial charge in [-0.3, -0.25) is 4.79 Å². The van der Waals surface area contributed by atoms with Crippen LogP contribution in [0.5, 0.6) is 0 Å². The normalized spacial score (nSPS) is 18.9. The van der Waals surface area contributed by atoms with Crippen molar-refractivity contribution < 1.29 is 4.79 Å². The quantitative estimate of drug-likeness (QED) is 0.689. The molecule has 0 bridgehead atoms. The first-order valence-electron chi connectivity index (χ1n) is 5.13. The summed E-state index contributed by atoms with van der Waals surface area (Å²) in [6.07, 6.45) is 2.26. The Balaban J connectivity index is 2.01. The van der Waals surface area contributed by atoms with Crippen LogP contribution >= 0.6 is 0 Å². The van der Waals surface area contributed by atoms with Gasteiger partial charge in [0, 0.05) is 18.2 Å². The molecule has 1 heterocycles. The van der Waals surface area contributed by atoms with Crippen molar-refractivity contribution in [1.29, 1.82) is 5.26 Å². The SMILES string of the molecule is N#Cc1ccc2c(c1)CN(C1CC1)C2=O. The summed E-state index contributed by atoms with van der Waals surface area (Å²) in [5.41, 5.74) is 2.42. The van der Waals surface area contributed by atoms with E-state index in [1.54, 1.807) is 12.1 Å². The molecule has 0 N–H and O–H groups in total. The third kappa shape index (κ3) is 1.22. The zero-order chi connectivity index (χ0) is 10.4. The summed E-state index contributed by atoms with van der Waals surface area (Å²) in [6.45, 7) is 0.689. The fourth-order valence-corrected chi connectivity index (χ4v) is 2.09. The maximum Gasteiger partial charge on any atom is 0.254 e. The minimum Gasteiger partial charge on any atom is -0.331 e. The van der Waals surface area contributed by atoms with Crippen LogP contribution in [-0.2, 0) is 6.54 Å². The molecule has 0 unspecified atom stereocenters. The van der Waals surface area contributed by atoms with E-state index >= 15 is 0 Å². The zero-order valence-corrected chi connectivity index (χ0v) is 8.23. The van der Waals surface area contributed by atoms with Gasteiger partial charge in [0.15, 0.2) is 0 Å². The monoisotopic (exact) mass is 198 g/mol. The maximum absolute atomic E-state index is 11.9. The van der Waals surface area contributed by atoms with E-state index in [0.717, 1.165) is 24.0 Å². The molecule has 0 radical (unpaired) electrons. The van der Waals surface area contributed by atoms with Gasteiger partial charge in [-0.15, -0.1) is 0 Å². The lowest BCUT2D eigenvalue weighted by molar-refractivity contribution is 0.0766. The van der Waals surface area contributed by atoms with Crippen LogP contribution in [0.4, 0.5) is 0 Å². The second-order valence-electron chi connectivity index (χ2n) is 4.15. The Morgan fingerprint density at radius 1 is 1.40 bits per heavy atom. The molecule has 2 aliphatic rings. The molecule has 15 heavy (non-hydrogen) atoms. The van der Waals surface area contributed by atoms with E-state index in [0.29, 0.717) is 18.2 Å². The summed E-state index contributed by atoms with van der Waals surface area (Å²) in [4.78, 5) is 13.8. The van der Waals surface area contributed by atoms with E-state index < -0.39 is 0 Å². The van der Waals surface area contributed by atoms with Gasteiger partial charge in [0.1, 0.15) is 0 Å². The summed E-state index contributed by atoms with van der Waals surface area (Å²) in [7, 11) is 0. The van der Waals surface area contributed by atoms with Gasteiger partial charge in [0.2, 0.25) is 0 Å². The summed E-state index contributed by atoms with van der Waals surface area (Å²) in [6, 6.07) is 7.88. The van der Waals surface area contributed by atoms with E-state index in [2.05, 4.69) is 6.07 Å². The molecule has 0 atom stereocenters. The predicted octanol–water partition coefficient (Wildman–Crippen LogP) is 1.68. The fourth-order valence-electron chi connectivity index (χ4n) is 2.09. The van der Waals surface area contributed by atoms with Crippen LogP contribution in [0.1, 0.15) is 34.3 Å². The van der Waals surface area contributed by atoms with Crippen molar-refractivity contribution in [3.05, 3.63) is 34.9 Å². The molecule has 1 aromatic carbocycles. The van der Waals surface area contributed by atoms with E-state index in [1.807, 2.05) is 11.0 Å². The average Bonchev–Trinajstić information content (AvgIpc) is 3.04. The number of rotatable bonds is 1. The number of carbonyl (C=O) groups excluding carboxylic acids is 1. The van der Waals surface area contributed by atoms with Crippen LogP contribution < -0.4 is 0 Å². The van der Waals surface area contributed by atoms with Gasteiger partial charge in [0.05, 0.1) is 11.6 Å². The average molecular weight is 198 g/mol. The molecule has 1 fully saturated rings. The molecule has 0 aromatic heterocycles. The van der Waals surface area contributed by atoms with E-state index in [4.69, 9.17) is 5.26 Å². The Labute approximate surface area is 87.9 Å². The van der Waals surface area contributed by atoms with Crippen LogP contribution in [0.15, 0.2) is 18.2 Å². The second-order valence-corrected chi connectivity index (χ2v) is 4.15. The van der Waals surface area contributed by atoms with Gasteiger partial charge in [-0.2, -0.15) is 5.26 Å². The molecule has 1 aliphatic heterocycles. The molecule has 74 valence electrons. The van der Waals surface area contributed by atoms with Crippen molar-refractivity contribution in [1.82, 2.24) is 4.90 Å². The lowest BCUT2D eigenvalue weighted by Gasteiger charge is -2.13. The van der Waals surface area contributed by atoms with Crippen molar-refractivity contribution in [3.8, 4) is 6.07 Å². The Kier molecular flexibility index (Phi) is 1.60. The van der Waals surface area contributed by atoms with Crippen LogP contribution in [0.2, 0.25) is 0 Å². The largest absolute Gasteiger partial charge is 0.331 e. The fraction of sp³-hybridized carbons (Fsp3) is 0.333. The van der Waals surface area contributed by atoms with Crippen molar-refractivity contribution in [2.75, 3.05) is 0 Å². The topological polar surface area (TPSA) is 44.1 Å². The lowest BCUT2D eigenvalue weighted by Crippen LogP contribution is -2.25. The molecule has 3 nitrogen and oxygen atoms in total. The standard InChI is InChI=1S/C12H10N2O/c13-6-8-1-4-11-9(5-8)7-14(12(11)15)10-2-3-10/h1,4-5,10H,2-3,7H2. The number of nitriles is 1. The smallest absolute Gasteiger partial charge is 0.254 e. The number of fused-ring (bicyclic) bond motifs is 1. The van der Waals surface area contributed by atoms with E-state index in [9.17, 15) is 4.79 Å². The maximum atomic E-state index is 11.9. The van der Waals surface area contributed by atoms with Crippen molar-refractivity contribution in [3.63, 3.8) is 0 Å².